The van der Waals surface area contributed by atoms with Crippen molar-refractivity contribution in [2.45, 2.75) is 51.0 Å². The van der Waals surface area contributed by atoms with E-state index in [1.807, 2.05) is 16.7 Å². The molecular formula is C26H28ClFN4O3. The minimum atomic E-state index is -0.387. The van der Waals surface area contributed by atoms with Crippen LogP contribution in [-0.4, -0.2) is 51.5 Å². The van der Waals surface area contributed by atoms with E-state index in [1.54, 1.807) is 24.4 Å². The molecular weight excluding hydrogens is 471 g/mol. The third-order valence-corrected chi connectivity index (χ3v) is 7.01. The van der Waals surface area contributed by atoms with Crippen molar-refractivity contribution in [3.05, 3.63) is 76.2 Å². The summed E-state index contributed by atoms with van der Waals surface area (Å²) in [6.07, 6.45) is 5.64. The van der Waals surface area contributed by atoms with Crippen molar-refractivity contribution < 1.29 is 18.7 Å². The van der Waals surface area contributed by atoms with Crippen molar-refractivity contribution in [3.8, 4) is 5.88 Å². The van der Waals surface area contributed by atoms with E-state index in [0.29, 0.717) is 41.2 Å². The van der Waals surface area contributed by atoms with E-state index in [4.69, 9.17) is 21.1 Å². The molecule has 9 heteroatoms. The number of rotatable bonds is 9. The fourth-order valence-corrected chi connectivity index (χ4v) is 4.77. The van der Waals surface area contributed by atoms with E-state index in [1.165, 1.54) is 6.07 Å². The Morgan fingerprint density at radius 1 is 1.20 bits per heavy atom. The maximum atomic E-state index is 14.0. The molecule has 0 N–H and O–H groups in total. The lowest BCUT2D eigenvalue weighted by molar-refractivity contribution is -0.0599. The van der Waals surface area contributed by atoms with Crippen LogP contribution in [0.15, 0.2) is 42.6 Å². The quantitative estimate of drug-likeness (QED) is 0.401. The predicted molar refractivity (Wildman–Crippen MR) is 129 cm³/mol. The molecule has 35 heavy (non-hydrogen) atoms. The molecule has 2 fully saturated rings. The molecule has 2 aromatic heterocycles. The Morgan fingerprint density at radius 2 is 2.03 bits per heavy atom. The van der Waals surface area contributed by atoms with Crippen molar-refractivity contribution in [1.82, 2.24) is 19.4 Å². The first-order valence-electron chi connectivity index (χ1n) is 12.0. The highest BCUT2D eigenvalue weighted by molar-refractivity contribution is 6.30. The number of hydrogen-bond acceptors (Lipinski definition) is 6. The lowest BCUT2D eigenvalue weighted by atomic mass is 9.93. The summed E-state index contributed by atoms with van der Waals surface area (Å²) in [5.74, 6) is 1.34. The van der Waals surface area contributed by atoms with Gasteiger partial charge in [-0.05, 0) is 50.6 Å². The Labute approximate surface area is 208 Å². The number of halogens is 2. The summed E-state index contributed by atoms with van der Waals surface area (Å²) in [6.45, 7) is 4.09. The minimum Gasteiger partial charge on any atom is -0.473 e. The highest BCUT2D eigenvalue weighted by atomic mass is 35.5. The maximum absolute atomic E-state index is 14.0. The van der Waals surface area contributed by atoms with Gasteiger partial charge in [0.15, 0.2) is 6.29 Å². The number of piperidine rings is 1. The number of carbonyl (C=O) groups excluding carboxylic acids is 1. The number of aromatic nitrogens is 3. The average Bonchev–Trinajstić information content (AvgIpc) is 3.22. The van der Waals surface area contributed by atoms with Gasteiger partial charge in [-0.25, -0.2) is 14.4 Å². The summed E-state index contributed by atoms with van der Waals surface area (Å²) in [6, 6.07) is 10.3. The van der Waals surface area contributed by atoms with Gasteiger partial charge in [-0.2, -0.15) is 0 Å². The van der Waals surface area contributed by atoms with Gasteiger partial charge < -0.3 is 14.0 Å². The molecule has 3 aromatic rings. The first-order chi connectivity index (χ1) is 17.1. The van der Waals surface area contributed by atoms with Crippen LogP contribution in [0.4, 0.5) is 4.39 Å². The Morgan fingerprint density at radius 3 is 2.74 bits per heavy atom. The molecule has 0 spiro atoms. The average molecular weight is 499 g/mol. The summed E-state index contributed by atoms with van der Waals surface area (Å²) >= 11 is 5.82. The molecule has 0 amide bonds. The van der Waals surface area contributed by atoms with Crippen LogP contribution in [0.1, 0.15) is 52.8 Å². The molecule has 0 bridgehead atoms. The van der Waals surface area contributed by atoms with E-state index in [-0.39, 0.29) is 18.5 Å². The van der Waals surface area contributed by atoms with Crippen LogP contribution in [0, 0.1) is 5.82 Å². The van der Waals surface area contributed by atoms with Crippen molar-refractivity contribution in [3.63, 3.8) is 0 Å². The highest BCUT2D eigenvalue weighted by Crippen LogP contribution is 2.29. The number of nitrogens with zero attached hydrogens (tertiary/aromatic N) is 4. The summed E-state index contributed by atoms with van der Waals surface area (Å²) in [5.41, 5.74) is 2.03. The predicted octanol–water partition coefficient (Wildman–Crippen LogP) is 4.63. The smallest absolute Gasteiger partial charge is 0.213 e. The summed E-state index contributed by atoms with van der Waals surface area (Å²) in [4.78, 5) is 23.0. The Kier molecular flexibility index (Phi) is 7.41. The van der Waals surface area contributed by atoms with Crippen LogP contribution in [0.3, 0.4) is 0 Å². The first kappa shape index (κ1) is 23.9. The monoisotopic (exact) mass is 498 g/mol. The third-order valence-electron chi connectivity index (χ3n) is 6.78. The molecule has 1 atom stereocenters. The van der Waals surface area contributed by atoms with Crippen molar-refractivity contribution in [1.29, 1.82) is 0 Å². The largest absolute Gasteiger partial charge is 0.473 e. The summed E-state index contributed by atoms with van der Waals surface area (Å²) in [7, 11) is 0. The molecule has 2 aliphatic heterocycles. The van der Waals surface area contributed by atoms with Gasteiger partial charge in [0, 0.05) is 34.9 Å². The van der Waals surface area contributed by atoms with E-state index in [0.717, 1.165) is 56.8 Å². The lowest BCUT2D eigenvalue weighted by Crippen LogP contribution is -2.35. The number of imidazole rings is 1. The third kappa shape index (κ3) is 5.72. The molecule has 7 nitrogen and oxygen atoms in total. The molecule has 5 rings (SSSR count). The van der Waals surface area contributed by atoms with Gasteiger partial charge in [-0.3, -0.25) is 9.69 Å². The van der Waals surface area contributed by atoms with E-state index >= 15 is 0 Å². The van der Waals surface area contributed by atoms with Crippen LogP contribution >= 0.6 is 11.6 Å². The maximum Gasteiger partial charge on any atom is 0.213 e. The minimum absolute atomic E-state index is 0.0964. The van der Waals surface area contributed by atoms with Crippen molar-refractivity contribution in [2.75, 3.05) is 19.7 Å². The summed E-state index contributed by atoms with van der Waals surface area (Å²) < 4.78 is 27.3. The first-order valence-corrected chi connectivity index (χ1v) is 12.3. The normalized spacial score (nSPS) is 18.9. The standard InChI is InChI=1S/C26H28ClFN4O3/c27-20-5-4-19(23(28)12-20)17-35-26-3-1-2-24(30-26)18-6-9-31(10-7-18)15-25-29-13-21(16-33)32(25)14-22-8-11-34-22/h1-5,12-13,16,18,22H,6-11,14-15,17H2/t22-/m0/s1. The van der Waals surface area contributed by atoms with Crippen LogP contribution in [0.5, 0.6) is 5.88 Å². The molecule has 184 valence electrons. The molecule has 0 aliphatic carbocycles. The van der Waals surface area contributed by atoms with Crippen molar-refractivity contribution >= 4 is 17.9 Å². The van der Waals surface area contributed by atoms with Gasteiger partial charge in [0.25, 0.3) is 0 Å². The van der Waals surface area contributed by atoms with Gasteiger partial charge in [0.05, 0.1) is 25.4 Å². The van der Waals surface area contributed by atoms with Gasteiger partial charge in [0.1, 0.15) is 23.9 Å². The zero-order valence-electron chi connectivity index (χ0n) is 19.4. The fraction of sp³-hybridized carbons (Fsp3) is 0.423. The van der Waals surface area contributed by atoms with Crippen LogP contribution in [-0.2, 0) is 24.4 Å². The van der Waals surface area contributed by atoms with Crippen molar-refractivity contribution in [2.24, 2.45) is 0 Å². The van der Waals surface area contributed by atoms with Gasteiger partial charge in [-0.1, -0.05) is 23.7 Å². The van der Waals surface area contributed by atoms with Gasteiger partial charge >= 0.3 is 0 Å². The van der Waals surface area contributed by atoms with E-state index < -0.39 is 0 Å². The van der Waals surface area contributed by atoms with Crippen LogP contribution < -0.4 is 4.74 Å². The molecule has 4 heterocycles. The topological polar surface area (TPSA) is 69.5 Å². The molecule has 1 aromatic carbocycles. The van der Waals surface area contributed by atoms with Gasteiger partial charge in [0.2, 0.25) is 5.88 Å². The fourth-order valence-electron chi connectivity index (χ4n) is 4.61. The highest BCUT2D eigenvalue weighted by Gasteiger charge is 2.25. The Balaban J connectivity index is 1.16. The molecule has 0 saturated carbocycles. The zero-order chi connectivity index (χ0) is 24.2. The second-order valence-corrected chi connectivity index (χ2v) is 9.52. The molecule has 2 aliphatic rings. The second-order valence-electron chi connectivity index (χ2n) is 9.08. The van der Waals surface area contributed by atoms with Crippen LogP contribution in [0.25, 0.3) is 0 Å². The number of pyridine rings is 1. The Bertz CT molecular complexity index is 1180. The van der Waals surface area contributed by atoms with Gasteiger partial charge in [-0.15, -0.1) is 0 Å². The number of aldehydes is 1. The van der Waals surface area contributed by atoms with Crippen LogP contribution in [0.2, 0.25) is 5.02 Å². The number of hydrogen-bond donors (Lipinski definition) is 0. The molecule has 0 unspecified atom stereocenters. The second kappa shape index (κ2) is 10.8. The Hall–Kier alpha value is -2.81. The number of carbonyl (C=O) groups is 1. The van der Waals surface area contributed by atoms with E-state index in [2.05, 4.69) is 14.9 Å². The van der Waals surface area contributed by atoms with E-state index in [9.17, 15) is 9.18 Å². The number of ether oxygens (including phenoxy) is 2. The molecule has 2 saturated heterocycles. The summed E-state index contributed by atoms with van der Waals surface area (Å²) in [5, 5.41) is 0.359. The number of benzene rings is 1. The number of likely N-dealkylation sites (tertiary alicyclic amines) is 1. The SMILES string of the molecule is O=Cc1cnc(CN2CCC(c3cccc(OCc4ccc(Cl)cc4F)n3)CC2)n1C[C@@H]1CCO1. The lowest BCUT2D eigenvalue weighted by Gasteiger charge is -2.32. The zero-order valence-corrected chi connectivity index (χ0v) is 20.2. The molecule has 0 radical (unpaired) electrons.